The SMILES string of the molecule is N#Cc1cc(-n2c3ccccc3c3ccc4c5ccccc5sc4c32)c(-c2c(C#N)cccc2C(F)(F)F)cc1-n1c2ccccc2c2ccc3c4ccccc4sc3c21. The lowest BCUT2D eigenvalue weighted by molar-refractivity contribution is -0.137. The number of rotatable bonds is 3. The van der Waals surface area contributed by atoms with Gasteiger partial charge in [-0.1, -0.05) is 103 Å². The Bertz CT molecular complexity index is 3920. The molecule has 0 aliphatic heterocycles. The highest BCUT2D eigenvalue weighted by Crippen LogP contribution is 2.49. The molecule has 0 atom stereocenters. The fourth-order valence-electron chi connectivity index (χ4n) is 9.37. The number of para-hydroxylation sites is 2. The number of benzene rings is 8. The first kappa shape index (κ1) is 34.6. The van der Waals surface area contributed by atoms with Crippen molar-refractivity contribution in [3.63, 3.8) is 0 Å². The molecule has 4 nitrogen and oxygen atoms in total. The van der Waals surface area contributed by atoms with Gasteiger partial charge >= 0.3 is 6.18 Å². The zero-order valence-corrected chi connectivity index (χ0v) is 32.8. The summed E-state index contributed by atoms with van der Waals surface area (Å²) >= 11 is 3.28. The van der Waals surface area contributed by atoms with Crippen molar-refractivity contribution < 1.29 is 13.2 Å². The van der Waals surface area contributed by atoms with E-state index in [-0.39, 0.29) is 22.3 Å². The summed E-state index contributed by atoms with van der Waals surface area (Å²) in [7, 11) is 0. The smallest absolute Gasteiger partial charge is 0.307 e. The Hall–Kier alpha value is -7.43. The third kappa shape index (κ3) is 4.70. The van der Waals surface area contributed by atoms with Gasteiger partial charge in [-0.3, -0.25) is 0 Å². The van der Waals surface area contributed by atoms with E-state index in [1.165, 1.54) is 12.1 Å². The highest BCUT2D eigenvalue weighted by Gasteiger charge is 2.36. The number of nitrogens with zero attached hydrogens (tertiary/aromatic N) is 4. The van der Waals surface area contributed by atoms with Crippen molar-refractivity contribution in [3.8, 4) is 34.6 Å². The Balaban J connectivity index is 1.30. The van der Waals surface area contributed by atoms with Crippen LogP contribution in [0.15, 0.2) is 152 Å². The van der Waals surface area contributed by atoms with Gasteiger partial charge in [-0.25, -0.2) is 0 Å². The lowest BCUT2D eigenvalue weighted by Gasteiger charge is -2.22. The van der Waals surface area contributed by atoms with Gasteiger partial charge in [-0.05, 0) is 48.5 Å². The molecule has 0 fully saturated rings. The molecule has 0 bridgehead atoms. The zero-order chi connectivity index (χ0) is 40.4. The van der Waals surface area contributed by atoms with E-state index in [2.05, 4.69) is 60.7 Å². The van der Waals surface area contributed by atoms with Crippen LogP contribution in [0.2, 0.25) is 0 Å². The van der Waals surface area contributed by atoms with Crippen molar-refractivity contribution in [3.05, 3.63) is 168 Å². The molecule has 12 aromatic rings. The number of alkyl halides is 3. The first-order valence-electron chi connectivity index (χ1n) is 19.2. The molecule has 0 N–H and O–H groups in total. The maximum absolute atomic E-state index is 15.4. The average molecular weight is 815 g/mol. The van der Waals surface area contributed by atoms with Crippen LogP contribution in [0.25, 0.3) is 106 Å². The predicted octanol–water partition coefficient (Wildman–Crippen LogP) is 15.0. The summed E-state index contributed by atoms with van der Waals surface area (Å²) in [5, 5.41) is 29.9. The molecule has 282 valence electrons. The van der Waals surface area contributed by atoms with Gasteiger partial charge in [0.05, 0.1) is 65.6 Å². The Morgan fingerprint density at radius 2 is 0.933 bits per heavy atom. The normalized spacial score (nSPS) is 12.2. The first-order chi connectivity index (χ1) is 29.3. The van der Waals surface area contributed by atoms with Gasteiger partial charge < -0.3 is 9.13 Å². The molecule has 0 saturated heterocycles. The van der Waals surface area contributed by atoms with Crippen LogP contribution in [0.5, 0.6) is 0 Å². The second kappa shape index (κ2) is 12.5. The summed E-state index contributed by atoms with van der Waals surface area (Å²) < 4.78 is 54.4. The van der Waals surface area contributed by atoms with Crippen LogP contribution in [0.1, 0.15) is 16.7 Å². The standard InChI is InChI=1S/C51H25F3N4S2/c52-51(53,54)39-15-9-10-28(26-55)46(39)38-25-42(57-40-16-5-1-11-30(40)34-20-22-36-32-13-3-7-18-44(32)59-49(36)47(34)57)29(27-56)24-43(38)58-41-17-6-2-12-31(41)35-21-23-37-33-14-4-8-19-45(33)60-50(37)48(35)58/h1-25H. The number of aromatic nitrogens is 2. The molecule has 0 aliphatic carbocycles. The van der Waals surface area contributed by atoms with Gasteiger partial charge in [0.2, 0.25) is 0 Å². The van der Waals surface area contributed by atoms with E-state index in [9.17, 15) is 10.5 Å². The van der Waals surface area contributed by atoms with Crippen LogP contribution >= 0.6 is 22.7 Å². The Morgan fingerprint density at radius 3 is 1.47 bits per heavy atom. The second-order valence-corrected chi connectivity index (χ2v) is 17.0. The van der Waals surface area contributed by atoms with E-state index in [0.717, 1.165) is 90.0 Å². The highest BCUT2D eigenvalue weighted by atomic mass is 32.1. The van der Waals surface area contributed by atoms with E-state index in [4.69, 9.17) is 0 Å². The van der Waals surface area contributed by atoms with Crippen LogP contribution in [-0.2, 0) is 6.18 Å². The molecule has 0 radical (unpaired) electrons. The van der Waals surface area contributed by atoms with Crippen LogP contribution in [0.4, 0.5) is 13.2 Å². The molecule has 0 unspecified atom stereocenters. The monoisotopic (exact) mass is 814 g/mol. The Kier molecular flexibility index (Phi) is 7.23. The van der Waals surface area contributed by atoms with E-state index in [1.807, 2.05) is 81.9 Å². The van der Waals surface area contributed by atoms with Crippen molar-refractivity contribution >= 4 is 107 Å². The lowest BCUT2D eigenvalue weighted by atomic mass is 9.91. The minimum Gasteiger partial charge on any atom is -0.307 e. The summed E-state index contributed by atoms with van der Waals surface area (Å²) in [5.74, 6) is 0. The highest BCUT2D eigenvalue weighted by molar-refractivity contribution is 7.27. The van der Waals surface area contributed by atoms with Crippen molar-refractivity contribution in [1.29, 1.82) is 10.5 Å². The number of nitriles is 2. The summed E-state index contributed by atoms with van der Waals surface area (Å²) in [5.41, 5.74) is 3.20. The van der Waals surface area contributed by atoms with Crippen LogP contribution < -0.4 is 0 Å². The van der Waals surface area contributed by atoms with Crippen LogP contribution in [0, 0.1) is 22.7 Å². The number of hydrogen-bond donors (Lipinski definition) is 0. The number of fused-ring (bicyclic) bond motifs is 14. The Morgan fingerprint density at radius 1 is 0.450 bits per heavy atom. The van der Waals surface area contributed by atoms with E-state index >= 15 is 13.2 Å². The molecule has 12 rings (SSSR count). The third-order valence-corrected chi connectivity index (χ3v) is 14.2. The van der Waals surface area contributed by atoms with Gasteiger partial charge in [0, 0.05) is 63.6 Å². The fraction of sp³-hybridized carbons (Fsp3) is 0.0196. The van der Waals surface area contributed by atoms with Gasteiger partial charge in [-0.15, -0.1) is 22.7 Å². The largest absolute Gasteiger partial charge is 0.417 e. The van der Waals surface area contributed by atoms with Crippen molar-refractivity contribution in [2.75, 3.05) is 0 Å². The summed E-state index contributed by atoms with van der Waals surface area (Å²) in [4.78, 5) is 0. The van der Waals surface area contributed by atoms with Crippen LogP contribution in [-0.4, -0.2) is 9.13 Å². The maximum Gasteiger partial charge on any atom is 0.417 e. The molecular formula is C51H25F3N4S2. The van der Waals surface area contributed by atoms with Gasteiger partial charge in [0.25, 0.3) is 0 Å². The predicted molar refractivity (Wildman–Crippen MR) is 241 cm³/mol. The average Bonchev–Trinajstić information content (AvgIpc) is 4.03. The molecule has 4 aromatic heterocycles. The summed E-state index contributed by atoms with van der Waals surface area (Å²) in [6.45, 7) is 0. The minimum absolute atomic E-state index is 0.122. The summed E-state index contributed by atoms with van der Waals surface area (Å²) in [6.07, 6.45) is -4.80. The summed E-state index contributed by atoms with van der Waals surface area (Å²) in [6, 6.07) is 52.3. The molecule has 0 amide bonds. The Labute approximate surface area is 347 Å². The number of thiophene rings is 2. The van der Waals surface area contributed by atoms with E-state index < -0.39 is 11.7 Å². The quantitative estimate of drug-likeness (QED) is 0.178. The lowest BCUT2D eigenvalue weighted by Crippen LogP contribution is -2.11. The van der Waals surface area contributed by atoms with Gasteiger partial charge in [0.1, 0.15) is 6.07 Å². The van der Waals surface area contributed by atoms with Crippen molar-refractivity contribution in [2.45, 2.75) is 6.18 Å². The van der Waals surface area contributed by atoms with Gasteiger partial charge in [-0.2, -0.15) is 23.7 Å². The molecule has 0 spiro atoms. The minimum atomic E-state index is -4.80. The fourth-order valence-corrected chi connectivity index (χ4v) is 11.9. The topological polar surface area (TPSA) is 57.4 Å². The van der Waals surface area contributed by atoms with Gasteiger partial charge in [0.15, 0.2) is 0 Å². The maximum atomic E-state index is 15.4. The number of halogens is 3. The second-order valence-electron chi connectivity index (χ2n) is 14.9. The molecule has 4 heterocycles. The molecule has 0 saturated carbocycles. The van der Waals surface area contributed by atoms with E-state index in [0.29, 0.717) is 11.4 Å². The van der Waals surface area contributed by atoms with Crippen molar-refractivity contribution in [2.24, 2.45) is 0 Å². The zero-order valence-electron chi connectivity index (χ0n) is 31.2. The molecule has 60 heavy (non-hydrogen) atoms. The van der Waals surface area contributed by atoms with E-state index in [1.54, 1.807) is 34.8 Å². The number of hydrogen-bond acceptors (Lipinski definition) is 4. The molecule has 0 aliphatic rings. The van der Waals surface area contributed by atoms with Crippen molar-refractivity contribution in [1.82, 2.24) is 9.13 Å². The third-order valence-electron chi connectivity index (χ3n) is 11.8. The van der Waals surface area contributed by atoms with Crippen LogP contribution in [0.3, 0.4) is 0 Å². The first-order valence-corrected chi connectivity index (χ1v) is 20.8. The molecule has 9 heteroatoms. The molecule has 8 aromatic carbocycles. The molecular weight excluding hydrogens is 790 g/mol.